The number of amides is 1. The van der Waals surface area contributed by atoms with Crippen LogP contribution in [0.4, 0.5) is 18.9 Å². The summed E-state index contributed by atoms with van der Waals surface area (Å²) in [5.41, 5.74) is 1.88. The summed E-state index contributed by atoms with van der Waals surface area (Å²) in [4.78, 5) is 12.5. The van der Waals surface area contributed by atoms with Gasteiger partial charge in [0.2, 0.25) is 6.79 Å². The Morgan fingerprint density at radius 1 is 1.08 bits per heavy atom. The van der Waals surface area contributed by atoms with E-state index in [9.17, 15) is 26.4 Å². The van der Waals surface area contributed by atoms with Crippen LogP contribution in [0.5, 0.6) is 11.5 Å². The normalized spacial score (nSPS) is 13.1. The lowest BCUT2D eigenvalue weighted by Gasteiger charge is -2.25. The van der Waals surface area contributed by atoms with Gasteiger partial charge in [0, 0.05) is 0 Å². The molecule has 0 fully saturated rings. The molecule has 0 saturated heterocycles. The Morgan fingerprint density at radius 2 is 1.78 bits per heavy atom. The molecule has 3 aromatic carbocycles. The molecular weight excluding hydrogens is 535 g/mol. The van der Waals surface area contributed by atoms with Crippen molar-refractivity contribution in [3.63, 3.8) is 0 Å². The summed E-state index contributed by atoms with van der Waals surface area (Å²) < 4.78 is 78.2. The van der Waals surface area contributed by atoms with Crippen molar-refractivity contribution in [2.24, 2.45) is 5.10 Å². The number of ether oxygens (including phenoxy) is 2. The van der Waals surface area contributed by atoms with E-state index in [-0.39, 0.29) is 11.7 Å². The van der Waals surface area contributed by atoms with Gasteiger partial charge in [-0.15, -0.1) is 0 Å². The predicted octanol–water partition coefficient (Wildman–Crippen LogP) is 4.74. The van der Waals surface area contributed by atoms with Gasteiger partial charge in [0.05, 0.1) is 27.4 Å². The molecule has 3 aromatic rings. The first-order chi connectivity index (χ1) is 17.4. The monoisotopic (exact) mass is 553 g/mol. The fourth-order valence-corrected chi connectivity index (χ4v) is 5.01. The number of benzene rings is 3. The maximum absolute atomic E-state index is 13.5. The smallest absolute Gasteiger partial charge is 0.417 e. The van der Waals surface area contributed by atoms with E-state index in [1.54, 1.807) is 25.1 Å². The van der Waals surface area contributed by atoms with E-state index in [1.165, 1.54) is 30.5 Å². The number of hydrogen-bond donors (Lipinski definition) is 1. The summed E-state index contributed by atoms with van der Waals surface area (Å²) in [7, 11) is -4.45. The Kier molecular flexibility index (Phi) is 7.32. The lowest BCUT2D eigenvalue weighted by Crippen LogP contribution is -2.39. The summed E-state index contributed by atoms with van der Waals surface area (Å²) in [6.07, 6.45) is -3.55. The third-order valence-electron chi connectivity index (χ3n) is 5.24. The molecule has 0 aromatic heterocycles. The SMILES string of the molecule is Cc1ccc(S(=O)(=O)N(CC(=O)N/N=C\c2ccc3c(c2)OCO3)c2ccc(Cl)c(C(F)(F)F)c2)cc1. The largest absolute Gasteiger partial charge is 0.454 e. The van der Waals surface area contributed by atoms with E-state index in [4.69, 9.17) is 21.1 Å². The maximum atomic E-state index is 13.5. The van der Waals surface area contributed by atoms with Crippen LogP contribution < -0.4 is 19.2 Å². The average molecular weight is 554 g/mol. The second-order valence-corrected chi connectivity index (χ2v) is 10.2. The van der Waals surface area contributed by atoms with Gasteiger partial charge in [0.15, 0.2) is 11.5 Å². The number of sulfonamides is 1. The van der Waals surface area contributed by atoms with Gasteiger partial charge in [-0.25, -0.2) is 13.8 Å². The minimum atomic E-state index is -4.84. The van der Waals surface area contributed by atoms with Crippen LogP contribution in [0.25, 0.3) is 0 Å². The Bertz CT molecular complexity index is 1460. The van der Waals surface area contributed by atoms with Gasteiger partial charge in [-0.1, -0.05) is 29.3 Å². The van der Waals surface area contributed by atoms with E-state index >= 15 is 0 Å². The molecule has 0 atom stereocenters. The number of nitrogens with one attached hydrogen (secondary N) is 1. The lowest BCUT2D eigenvalue weighted by atomic mass is 10.2. The third-order valence-corrected chi connectivity index (χ3v) is 7.36. The van der Waals surface area contributed by atoms with Crippen LogP contribution in [-0.2, 0) is 21.0 Å². The maximum Gasteiger partial charge on any atom is 0.417 e. The molecule has 1 heterocycles. The van der Waals surface area contributed by atoms with Crippen molar-refractivity contribution in [1.82, 2.24) is 5.43 Å². The molecule has 0 unspecified atom stereocenters. The predicted molar refractivity (Wildman–Crippen MR) is 130 cm³/mol. The second-order valence-electron chi connectivity index (χ2n) is 7.89. The molecule has 1 aliphatic heterocycles. The molecule has 13 heteroatoms. The van der Waals surface area contributed by atoms with Crippen molar-refractivity contribution in [2.75, 3.05) is 17.6 Å². The molecule has 37 heavy (non-hydrogen) atoms. The Labute approximate surface area is 215 Å². The van der Waals surface area contributed by atoms with Gasteiger partial charge < -0.3 is 9.47 Å². The van der Waals surface area contributed by atoms with Crippen LogP contribution >= 0.6 is 11.6 Å². The fourth-order valence-electron chi connectivity index (χ4n) is 3.38. The quantitative estimate of drug-likeness (QED) is 0.337. The Balaban J connectivity index is 1.61. The molecule has 0 radical (unpaired) electrons. The van der Waals surface area contributed by atoms with E-state index in [2.05, 4.69) is 10.5 Å². The van der Waals surface area contributed by atoms with Crippen LogP contribution in [0.1, 0.15) is 16.7 Å². The number of nitrogens with zero attached hydrogens (tertiary/aromatic N) is 2. The van der Waals surface area contributed by atoms with Gasteiger partial charge in [0.25, 0.3) is 15.9 Å². The summed E-state index contributed by atoms with van der Waals surface area (Å²) in [6.45, 7) is 0.973. The minimum Gasteiger partial charge on any atom is -0.454 e. The summed E-state index contributed by atoms with van der Waals surface area (Å²) in [5.74, 6) is 0.157. The van der Waals surface area contributed by atoms with Crippen molar-refractivity contribution < 1.29 is 35.9 Å². The second kappa shape index (κ2) is 10.3. The number of carbonyl (C=O) groups excluding carboxylic acids is 1. The molecular formula is C24H19ClF3N3O5S. The highest BCUT2D eigenvalue weighted by Crippen LogP contribution is 2.38. The fraction of sp³-hybridized carbons (Fsp3) is 0.167. The number of hydrazone groups is 1. The molecule has 4 rings (SSSR count). The van der Waals surface area contributed by atoms with Crippen LogP contribution in [-0.4, -0.2) is 33.9 Å². The van der Waals surface area contributed by atoms with Crippen molar-refractivity contribution >= 4 is 39.4 Å². The van der Waals surface area contributed by atoms with Crippen LogP contribution in [0.2, 0.25) is 5.02 Å². The molecule has 194 valence electrons. The van der Waals surface area contributed by atoms with E-state index < -0.39 is 44.9 Å². The van der Waals surface area contributed by atoms with Crippen LogP contribution in [0, 0.1) is 6.92 Å². The van der Waals surface area contributed by atoms with Crippen molar-refractivity contribution in [1.29, 1.82) is 0 Å². The number of rotatable bonds is 7. The standard InChI is InChI=1S/C24H19ClF3N3O5S/c1-15-2-6-18(7-3-15)37(33,34)31(17-5-8-20(25)19(11-17)24(26,27)28)13-23(32)30-29-12-16-4-9-21-22(10-16)36-14-35-21/h2-12H,13-14H2,1H3,(H,30,32)/b29-12-. The first-order valence-electron chi connectivity index (χ1n) is 10.6. The number of anilines is 1. The van der Waals surface area contributed by atoms with Crippen molar-refractivity contribution in [3.05, 3.63) is 82.4 Å². The highest BCUT2D eigenvalue weighted by molar-refractivity contribution is 7.92. The third kappa shape index (κ3) is 5.97. The van der Waals surface area contributed by atoms with Crippen molar-refractivity contribution in [3.8, 4) is 11.5 Å². The Morgan fingerprint density at radius 3 is 2.49 bits per heavy atom. The molecule has 0 spiro atoms. The average Bonchev–Trinajstić information content (AvgIpc) is 3.30. The first kappa shape index (κ1) is 26.3. The van der Waals surface area contributed by atoms with E-state index in [0.29, 0.717) is 27.4 Å². The number of aryl methyl sites for hydroxylation is 1. The zero-order valence-electron chi connectivity index (χ0n) is 19.1. The zero-order chi connectivity index (χ0) is 26.8. The Hall–Kier alpha value is -3.77. The molecule has 0 aliphatic carbocycles. The molecule has 1 aliphatic rings. The van der Waals surface area contributed by atoms with E-state index in [0.717, 1.165) is 17.7 Å². The number of hydrogen-bond acceptors (Lipinski definition) is 6. The molecule has 1 amide bonds. The lowest BCUT2D eigenvalue weighted by molar-refractivity contribution is -0.137. The molecule has 0 bridgehead atoms. The molecule has 8 nitrogen and oxygen atoms in total. The number of alkyl halides is 3. The zero-order valence-corrected chi connectivity index (χ0v) is 20.7. The number of fused-ring (bicyclic) bond motifs is 1. The number of carbonyl (C=O) groups is 1. The highest BCUT2D eigenvalue weighted by Gasteiger charge is 2.35. The summed E-state index contributed by atoms with van der Waals surface area (Å²) >= 11 is 5.70. The van der Waals surface area contributed by atoms with Crippen LogP contribution in [0.15, 0.2) is 70.7 Å². The van der Waals surface area contributed by atoms with Gasteiger partial charge in [0.1, 0.15) is 6.54 Å². The molecule has 0 saturated carbocycles. The highest BCUT2D eigenvalue weighted by atomic mass is 35.5. The first-order valence-corrected chi connectivity index (χ1v) is 12.4. The van der Waals surface area contributed by atoms with E-state index in [1.807, 2.05) is 0 Å². The van der Waals surface area contributed by atoms with Crippen molar-refractivity contribution in [2.45, 2.75) is 18.0 Å². The van der Waals surface area contributed by atoms with Gasteiger partial charge in [-0.3, -0.25) is 9.10 Å². The van der Waals surface area contributed by atoms with Crippen LogP contribution in [0.3, 0.4) is 0 Å². The number of halogens is 4. The van der Waals surface area contributed by atoms with Gasteiger partial charge in [-0.2, -0.15) is 18.3 Å². The summed E-state index contributed by atoms with van der Waals surface area (Å²) in [5, 5.41) is 3.20. The van der Waals surface area contributed by atoms with Gasteiger partial charge >= 0.3 is 6.18 Å². The minimum absolute atomic E-state index is 0.0821. The molecule has 1 N–H and O–H groups in total. The topological polar surface area (TPSA) is 97.3 Å². The van der Waals surface area contributed by atoms with Gasteiger partial charge in [-0.05, 0) is 61.0 Å². The summed E-state index contributed by atoms with van der Waals surface area (Å²) in [6, 6.07) is 13.2.